The number of allylic oxidation sites excluding steroid dienone is 1. The van der Waals surface area contributed by atoms with E-state index in [9.17, 15) is 9.59 Å². The highest BCUT2D eigenvalue weighted by atomic mass is 16.5. The molecule has 0 radical (unpaired) electrons. The lowest BCUT2D eigenvalue weighted by atomic mass is 9.95. The highest BCUT2D eigenvalue weighted by Crippen LogP contribution is 2.30. The van der Waals surface area contributed by atoms with E-state index in [4.69, 9.17) is 16.2 Å². The molecule has 3 aromatic rings. The van der Waals surface area contributed by atoms with Crippen LogP contribution in [0.2, 0.25) is 0 Å². The van der Waals surface area contributed by atoms with Gasteiger partial charge in [0.1, 0.15) is 12.4 Å². The van der Waals surface area contributed by atoms with Gasteiger partial charge in [-0.15, -0.1) is 0 Å². The molecule has 2 fully saturated rings. The summed E-state index contributed by atoms with van der Waals surface area (Å²) in [6, 6.07) is 13.5. The molecule has 9 heteroatoms. The van der Waals surface area contributed by atoms with Gasteiger partial charge >= 0.3 is 0 Å². The second kappa shape index (κ2) is 14.3. The zero-order chi connectivity index (χ0) is 31.1. The maximum Gasteiger partial charge on any atom is 0.254 e. The van der Waals surface area contributed by atoms with Crippen molar-refractivity contribution in [1.29, 1.82) is 0 Å². The number of nitrogens with two attached hydrogens (primary N) is 2. The normalized spacial score (nSPS) is 16.7. The number of aromatic nitrogens is 2. The van der Waals surface area contributed by atoms with Crippen LogP contribution in [0.15, 0.2) is 72.6 Å². The Balaban J connectivity index is 1.43. The largest absolute Gasteiger partial charge is 0.489 e. The summed E-state index contributed by atoms with van der Waals surface area (Å²) in [4.78, 5) is 31.9. The van der Waals surface area contributed by atoms with Crippen LogP contribution in [0, 0.1) is 6.92 Å². The first-order valence-electron chi connectivity index (χ1n) is 15.7. The molecule has 2 aliphatic rings. The van der Waals surface area contributed by atoms with Crippen molar-refractivity contribution in [2.24, 2.45) is 0 Å². The third-order valence-electron chi connectivity index (χ3n) is 8.55. The number of nitrogen functional groups attached to an aromatic ring is 2. The second-order valence-electron chi connectivity index (χ2n) is 11.7. The van der Waals surface area contributed by atoms with E-state index < -0.39 is 0 Å². The standard InChI is InChI=1S/C35H44N6O3/c1-3-8-27(34(42)40-19-13-28(14-20-40)41-18-7-15-38-41)22-31(35(43)39-16-5-4-6-17-39)30-23-29(11-9-25(30)2)44-24-26-10-12-32(36)33(37)21-26/h7-12,15,18,21-23,28H,3-6,13-14,16-17,19-20,24,36-37H2,1-2H3/b27-8-,31-22+. The van der Waals surface area contributed by atoms with Crippen molar-refractivity contribution in [3.05, 3.63) is 89.3 Å². The van der Waals surface area contributed by atoms with Crippen LogP contribution in [0.5, 0.6) is 5.75 Å². The van der Waals surface area contributed by atoms with Gasteiger partial charge in [0.2, 0.25) is 0 Å². The zero-order valence-electron chi connectivity index (χ0n) is 25.9. The first kappa shape index (κ1) is 30.9. The van der Waals surface area contributed by atoms with Gasteiger partial charge in [0.05, 0.1) is 17.4 Å². The molecule has 44 heavy (non-hydrogen) atoms. The Hall–Kier alpha value is -4.53. The molecule has 9 nitrogen and oxygen atoms in total. The van der Waals surface area contributed by atoms with Gasteiger partial charge in [0.15, 0.2) is 0 Å². The van der Waals surface area contributed by atoms with E-state index in [1.165, 1.54) is 0 Å². The molecule has 0 atom stereocenters. The molecule has 2 amide bonds. The van der Waals surface area contributed by atoms with Crippen LogP contribution in [0.25, 0.3) is 5.57 Å². The third-order valence-corrected chi connectivity index (χ3v) is 8.55. The summed E-state index contributed by atoms with van der Waals surface area (Å²) in [6.45, 7) is 7.03. The molecular weight excluding hydrogens is 552 g/mol. The van der Waals surface area contributed by atoms with Crippen LogP contribution < -0.4 is 16.2 Å². The molecule has 1 aromatic heterocycles. The second-order valence-corrected chi connectivity index (χ2v) is 11.7. The fraction of sp³-hybridized carbons (Fsp3) is 0.400. The summed E-state index contributed by atoms with van der Waals surface area (Å²) in [5, 5.41) is 4.39. The van der Waals surface area contributed by atoms with Crippen molar-refractivity contribution in [2.75, 3.05) is 37.6 Å². The van der Waals surface area contributed by atoms with E-state index in [0.29, 0.717) is 67.5 Å². The van der Waals surface area contributed by atoms with Crippen LogP contribution in [0.1, 0.15) is 68.2 Å². The van der Waals surface area contributed by atoms with E-state index in [-0.39, 0.29) is 17.9 Å². The number of nitrogens with zero attached hydrogens (tertiary/aromatic N) is 4. The number of piperidine rings is 2. The zero-order valence-corrected chi connectivity index (χ0v) is 25.9. The average molecular weight is 597 g/mol. The number of carbonyl (C=O) groups excluding carboxylic acids is 2. The monoisotopic (exact) mass is 596 g/mol. The number of amides is 2. The number of aryl methyl sites for hydroxylation is 1. The molecule has 2 aromatic carbocycles. The minimum absolute atomic E-state index is 0.0410. The predicted molar refractivity (Wildman–Crippen MR) is 175 cm³/mol. The molecule has 0 unspecified atom stereocenters. The first-order chi connectivity index (χ1) is 21.3. The highest BCUT2D eigenvalue weighted by Gasteiger charge is 2.28. The number of anilines is 2. The number of rotatable bonds is 9. The molecule has 232 valence electrons. The number of benzene rings is 2. The van der Waals surface area contributed by atoms with Gasteiger partial charge in [0, 0.05) is 49.7 Å². The lowest BCUT2D eigenvalue weighted by Crippen LogP contribution is -2.40. The van der Waals surface area contributed by atoms with Crippen molar-refractivity contribution < 1.29 is 14.3 Å². The number of hydrogen-bond acceptors (Lipinski definition) is 6. The summed E-state index contributed by atoms with van der Waals surface area (Å²) in [7, 11) is 0. The van der Waals surface area contributed by atoms with Gasteiger partial charge < -0.3 is 26.0 Å². The Labute approximate surface area is 260 Å². The third kappa shape index (κ3) is 7.33. The van der Waals surface area contributed by atoms with Crippen LogP contribution in [0.4, 0.5) is 11.4 Å². The van der Waals surface area contributed by atoms with Crippen LogP contribution in [-0.2, 0) is 16.2 Å². The Kier molecular flexibility index (Phi) is 10.0. The molecule has 4 N–H and O–H groups in total. The predicted octanol–water partition coefficient (Wildman–Crippen LogP) is 5.53. The molecular formula is C35H44N6O3. The van der Waals surface area contributed by atoms with Crippen molar-refractivity contribution in [3.63, 3.8) is 0 Å². The van der Waals surface area contributed by atoms with Crippen LogP contribution >= 0.6 is 0 Å². The minimum Gasteiger partial charge on any atom is -0.489 e. The smallest absolute Gasteiger partial charge is 0.254 e. The number of hydrogen-bond donors (Lipinski definition) is 2. The molecule has 0 bridgehead atoms. The van der Waals surface area contributed by atoms with Crippen molar-refractivity contribution in [3.8, 4) is 5.75 Å². The van der Waals surface area contributed by atoms with Gasteiger partial charge in [-0.05, 0) is 98.5 Å². The Morgan fingerprint density at radius 2 is 1.70 bits per heavy atom. The van der Waals surface area contributed by atoms with E-state index in [0.717, 1.165) is 48.8 Å². The van der Waals surface area contributed by atoms with Gasteiger partial charge in [0.25, 0.3) is 11.8 Å². The average Bonchev–Trinajstić information content (AvgIpc) is 3.60. The van der Waals surface area contributed by atoms with E-state index in [1.54, 1.807) is 18.3 Å². The van der Waals surface area contributed by atoms with Gasteiger partial charge in [-0.2, -0.15) is 5.10 Å². The molecule has 2 saturated heterocycles. The van der Waals surface area contributed by atoms with Gasteiger partial charge in [-0.3, -0.25) is 14.3 Å². The van der Waals surface area contributed by atoms with E-state index in [1.807, 2.05) is 77.0 Å². The topological polar surface area (TPSA) is 120 Å². The number of carbonyl (C=O) groups is 2. The molecule has 0 aliphatic carbocycles. The lowest BCUT2D eigenvalue weighted by Gasteiger charge is -2.32. The van der Waals surface area contributed by atoms with Gasteiger partial charge in [-0.1, -0.05) is 25.1 Å². The summed E-state index contributed by atoms with van der Waals surface area (Å²) in [6.07, 6.45) is 13.0. The lowest BCUT2D eigenvalue weighted by molar-refractivity contribution is -0.128. The van der Waals surface area contributed by atoms with Crippen molar-refractivity contribution in [1.82, 2.24) is 19.6 Å². The van der Waals surface area contributed by atoms with E-state index in [2.05, 4.69) is 5.10 Å². The fourth-order valence-electron chi connectivity index (χ4n) is 5.98. The molecule has 3 heterocycles. The maximum atomic E-state index is 14.2. The molecule has 0 saturated carbocycles. The minimum atomic E-state index is -0.0524. The van der Waals surface area contributed by atoms with Crippen LogP contribution in [-0.4, -0.2) is 57.6 Å². The first-order valence-corrected chi connectivity index (χ1v) is 15.7. The van der Waals surface area contributed by atoms with Crippen LogP contribution in [0.3, 0.4) is 0 Å². The van der Waals surface area contributed by atoms with Crippen molar-refractivity contribution in [2.45, 2.75) is 65.0 Å². The number of ether oxygens (including phenoxy) is 1. The summed E-state index contributed by atoms with van der Waals surface area (Å²) in [5.74, 6) is 0.538. The highest BCUT2D eigenvalue weighted by molar-refractivity contribution is 6.21. The molecule has 0 spiro atoms. The summed E-state index contributed by atoms with van der Waals surface area (Å²) < 4.78 is 8.13. The van der Waals surface area contributed by atoms with Crippen molar-refractivity contribution >= 4 is 28.8 Å². The number of likely N-dealkylation sites (tertiary alicyclic amines) is 2. The summed E-state index contributed by atoms with van der Waals surface area (Å²) >= 11 is 0. The maximum absolute atomic E-state index is 14.2. The Morgan fingerprint density at radius 1 is 0.955 bits per heavy atom. The Morgan fingerprint density at radius 3 is 2.39 bits per heavy atom. The quantitative estimate of drug-likeness (QED) is 0.190. The van der Waals surface area contributed by atoms with Gasteiger partial charge in [-0.25, -0.2) is 0 Å². The SMILES string of the molecule is CC/C=C(/C=C(/C(=O)N1CCCCC1)c1cc(OCc2ccc(N)c(N)c2)ccc1C)C(=O)N1CCC(n2cccn2)CC1. The fourth-order valence-corrected chi connectivity index (χ4v) is 5.98. The molecule has 2 aliphatic heterocycles. The summed E-state index contributed by atoms with van der Waals surface area (Å²) in [5.41, 5.74) is 16.6. The Bertz CT molecular complexity index is 1510. The molecule has 5 rings (SSSR count). The van der Waals surface area contributed by atoms with E-state index >= 15 is 0 Å².